The Bertz CT molecular complexity index is 222. The molecule has 0 saturated carbocycles. The van der Waals surface area contributed by atoms with E-state index in [0.717, 1.165) is 12.6 Å². The van der Waals surface area contributed by atoms with Crippen molar-refractivity contribution >= 4 is 0 Å². The average molecular weight is 239 g/mol. The van der Waals surface area contributed by atoms with Gasteiger partial charge in [0, 0.05) is 13.2 Å². The summed E-state index contributed by atoms with van der Waals surface area (Å²) < 4.78 is 0. The van der Waals surface area contributed by atoms with Crippen molar-refractivity contribution in [1.82, 2.24) is 9.80 Å². The van der Waals surface area contributed by atoms with Crippen LogP contribution in [0.3, 0.4) is 0 Å². The van der Waals surface area contributed by atoms with Crippen LogP contribution >= 0.6 is 0 Å². The van der Waals surface area contributed by atoms with Crippen molar-refractivity contribution in [3.8, 4) is 0 Å². The van der Waals surface area contributed by atoms with Gasteiger partial charge in [0.25, 0.3) is 0 Å². The van der Waals surface area contributed by atoms with Crippen LogP contribution in [0.1, 0.15) is 39.5 Å². The molecule has 3 heteroatoms. The third-order valence-electron chi connectivity index (χ3n) is 4.71. The van der Waals surface area contributed by atoms with Crippen molar-refractivity contribution in [3.63, 3.8) is 0 Å². The summed E-state index contributed by atoms with van der Waals surface area (Å²) in [5.74, 6) is 0.808. The van der Waals surface area contributed by atoms with E-state index in [-0.39, 0.29) is 0 Å². The van der Waals surface area contributed by atoms with Crippen LogP contribution in [0, 0.1) is 11.3 Å². The fraction of sp³-hybridized carbons (Fsp3) is 1.00. The first kappa shape index (κ1) is 13.3. The molecule has 2 N–H and O–H groups in total. The Hall–Kier alpha value is -0.120. The number of hydrogen-bond donors (Lipinski definition) is 1. The minimum absolute atomic E-state index is 0.666. The minimum Gasteiger partial charge on any atom is -0.318 e. The Labute approximate surface area is 106 Å². The van der Waals surface area contributed by atoms with Crippen LogP contribution in [0.2, 0.25) is 0 Å². The van der Waals surface area contributed by atoms with E-state index in [1.807, 2.05) is 0 Å². The lowest BCUT2D eigenvalue weighted by Gasteiger charge is -2.47. The maximum absolute atomic E-state index is 5.72. The third-order valence-corrected chi connectivity index (χ3v) is 4.71. The van der Waals surface area contributed by atoms with Gasteiger partial charge < -0.3 is 10.6 Å². The van der Waals surface area contributed by atoms with E-state index in [1.54, 1.807) is 0 Å². The van der Waals surface area contributed by atoms with Gasteiger partial charge in [0.2, 0.25) is 0 Å². The van der Waals surface area contributed by atoms with Crippen molar-refractivity contribution in [2.24, 2.45) is 17.1 Å². The average Bonchev–Trinajstić information content (AvgIpc) is 2.33. The quantitative estimate of drug-likeness (QED) is 0.814. The summed E-state index contributed by atoms with van der Waals surface area (Å²) in [6.07, 6.45) is 5.58. The molecule has 0 aromatic carbocycles. The standard InChI is InChI=1S/C14H29N3/c1-13(2)11-16-7-3-14(4-8-16)5-9-17(12-15)10-6-14/h13H,3-12,15H2,1-2H3. The molecule has 2 aliphatic heterocycles. The van der Waals surface area contributed by atoms with Gasteiger partial charge in [-0.05, 0) is 63.2 Å². The van der Waals surface area contributed by atoms with Crippen LogP contribution in [0.4, 0.5) is 0 Å². The first-order chi connectivity index (χ1) is 8.13. The zero-order valence-corrected chi connectivity index (χ0v) is 11.6. The SMILES string of the molecule is CC(C)CN1CCC2(CCN(CN)CC2)CC1. The molecule has 0 aromatic rings. The smallest absolute Gasteiger partial charge is 0.0455 e. The summed E-state index contributed by atoms with van der Waals surface area (Å²) in [5.41, 5.74) is 6.38. The topological polar surface area (TPSA) is 32.5 Å². The first-order valence-electron chi connectivity index (χ1n) is 7.28. The van der Waals surface area contributed by atoms with E-state index >= 15 is 0 Å². The Kier molecular flexibility index (Phi) is 4.45. The maximum Gasteiger partial charge on any atom is 0.0455 e. The zero-order chi connectivity index (χ0) is 12.3. The van der Waals surface area contributed by atoms with E-state index < -0.39 is 0 Å². The van der Waals surface area contributed by atoms with E-state index in [9.17, 15) is 0 Å². The van der Waals surface area contributed by atoms with Crippen LogP contribution in [-0.4, -0.2) is 49.2 Å². The number of nitrogens with zero attached hydrogens (tertiary/aromatic N) is 2. The highest BCUT2D eigenvalue weighted by atomic mass is 15.2. The molecule has 0 radical (unpaired) electrons. The highest BCUT2D eigenvalue weighted by molar-refractivity contribution is 4.90. The molecule has 3 nitrogen and oxygen atoms in total. The summed E-state index contributed by atoms with van der Waals surface area (Å²) in [6.45, 7) is 11.8. The molecule has 2 fully saturated rings. The maximum atomic E-state index is 5.72. The number of hydrogen-bond acceptors (Lipinski definition) is 3. The Morgan fingerprint density at radius 3 is 1.82 bits per heavy atom. The molecule has 2 rings (SSSR count). The van der Waals surface area contributed by atoms with Crippen LogP contribution in [-0.2, 0) is 0 Å². The van der Waals surface area contributed by atoms with Gasteiger partial charge in [-0.3, -0.25) is 4.90 Å². The van der Waals surface area contributed by atoms with Gasteiger partial charge in [-0.2, -0.15) is 0 Å². The second-order valence-electron chi connectivity index (χ2n) is 6.50. The van der Waals surface area contributed by atoms with E-state index in [1.165, 1.54) is 58.4 Å². The van der Waals surface area contributed by atoms with Crippen LogP contribution < -0.4 is 5.73 Å². The van der Waals surface area contributed by atoms with Gasteiger partial charge in [-0.25, -0.2) is 0 Å². The second-order valence-corrected chi connectivity index (χ2v) is 6.50. The molecular formula is C14H29N3. The van der Waals surface area contributed by atoms with Crippen molar-refractivity contribution in [2.75, 3.05) is 39.4 Å². The van der Waals surface area contributed by atoms with Gasteiger partial charge in [0.05, 0.1) is 0 Å². The first-order valence-corrected chi connectivity index (χ1v) is 7.28. The number of likely N-dealkylation sites (tertiary alicyclic amines) is 2. The molecule has 2 saturated heterocycles. The number of piperidine rings is 2. The summed E-state index contributed by atoms with van der Waals surface area (Å²) in [4.78, 5) is 5.05. The second kappa shape index (κ2) is 5.68. The molecule has 0 aliphatic carbocycles. The van der Waals surface area contributed by atoms with E-state index in [0.29, 0.717) is 5.41 Å². The highest BCUT2D eigenvalue weighted by Gasteiger charge is 2.37. The lowest BCUT2D eigenvalue weighted by Crippen LogP contribution is -2.48. The molecule has 2 heterocycles. The minimum atomic E-state index is 0.666. The summed E-state index contributed by atoms with van der Waals surface area (Å²) >= 11 is 0. The van der Waals surface area contributed by atoms with Gasteiger partial charge >= 0.3 is 0 Å². The largest absolute Gasteiger partial charge is 0.318 e. The Morgan fingerprint density at radius 1 is 0.941 bits per heavy atom. The molecule has 100 valence electrons. The predicted octanol–water partition coefficient (Wildman–Crippen LogP) is 1.74. The molecule has 1 spiro atoms. The Morgan fingerprint density at radius 2 is 1.41 bits per heavy atom. The molecule has 17 heavy (non-hydrogen) atoms. The lowest BCUT2D eigenvalue weighted by atomic mass is 9.71. The molecule has 0 amide bonds. The normalized spacial score (nSPS) is 26.8. The predicted molar refractivity (Wildman–Crippen MR) is 72.8 cm³/mol. The monoisotopic (exact) mass is 239 g/mol. The third kappa shape index (κ3) is 3.43. The fourth-order valence-electron chi connectivity index (χ4n) is 3.44. The fourth-order valence-corrected chi connectivity index (χ4v) is 3.44. The van der Waals surface area contributed by atoms with Crippen LogP contribution in [0.5, 0.6) is 0 Å². The van der Waals surface area contributed by atoms with Gasteiger partial charge in [-0.1, -0.05) is 13.8 Å². The molecule has 2 aliphatic rings. The van der Waals surface area contributed by atoms with Gasteiger partial charge in [-0.15, -0.1) is 0 Å². The van der Waals surface area contributed by atoms with Crippen molar-refractivity contribution in [3.05, 3.63) is 0 Å². The van der Waals surface area contributed by atoms with Crippen LogP contribution in [0.15, 0.2) is 0 Å². The molecule has 0 unspecified atom stereocenters. The van der Waals surface area contributed by atoms with Crippen LogP contribution in [0.25, 0.3) is 0 Å². The Balaban J connectivity index is 1.78. The summed E-state index contributed by atoms with van der Waals surface area (Å²) in [5, 5.41) is 0. The van der Waals surface area contributed by atoms with Gasteiger partial charge in [0.1, 0.15) is 0 Å². The van der Waals surface area contributed by atoms with Crippen molar-refractivity contribution in [1.29, 1.82) is 0 Å². The molecule has 0 bridgehead atoms. The summed E-state index contributed by atoms with van der Waals surface area (Å²) in [6, 6.07) is 0. The van der Waals surface area contributed by atoms with Crippen molar-refractivity contribution in [2.45, 2.75) is 39.5 Å². The number of rotatable bonds is 3. The highest BCUT2D eigenvalue weighted by Crippen LogP contribution is 2.41. The number of nitrogens with two attached hydrogens (primary N) is 1. The molecule has 0 aromatic heterocycles. The zero-order valence-electron chi connectivity index (χ0n) is 11.6. The van der Waals surface area contributed by atoms with Gasteiger partial charge in [0.15, 0.2) is 0 Å². The van der Waals surface area contributed by atoms with Crippen molar-refractivity contribution < 1.29 is 0 Å². The van der Waals surface area contributed by atoms with E-state index in [2.05, 4.69) is 23.6 Å². The summed E-state index contributed by atoms with van der Waals surface area (Å²) in [7, 11) is 0. The molecule has 0 atom stereocenters. The lowest BCUT2D eigenvalue weighted by molar-refractivity contribution is 0.0323. The molecular weight excluding hydrogens is 210 g/mol. The van der Waals surface area contributed by atoms with E-state index in [4.69, 9.17) is 5.73 Å².